The summed E-state index contributed by atoms with van der Waals surface area (Å²) in [7, 11) is -5.06. The molecule has 6 heteroatoms. The van der Waals surface area contributed by atoms with Crippen molar-refractivity contribution >= 4 is 17.1 Å². The molecule has 0 rings (SSSR count). The minimum atomic E-state index is -2.53. The Balaban J connectivity index is 6.02. The zero-order valence-corrected chi connectivity index (χ0v) is 20.3. The lowest BCUT2D eigenvalue weighted by Gasteiger charge is -2.41. The van der Waals surface area contributed by atoms with Crippen LogP contribution in [0.15, 0.2) is 23.6 Å². The lowest BCUT2D eigenvalue weighted by atomic mass is 10.3. The maximum absolute atomic E-state index is 6.33. The van der Waals surface area contributed by atoms with E-state index in [4.69, 9.17) is 17.7 Å². The Morgan fingerprint density at radius 2 is 0.846 bits per heavy atom. The van der Waals surface area contributed by atoms with E-state index in [9.17, 15) is 0 Å². The molecule has 0 N–H and O–H groups in total. The second-order valence-electron chi connectivity index (χ2n) is 6.37. The maximum Gasteiger partial charge on any atom is 0.367 e. The van der Waals surface area contributed by atoms with Gasteiger partial charge in [0, 0.05) is 37.5 Å². The van der Waals surface area contributed by atoms with Crippen LogP contribution in [0.4, 0.5) is 0 Å². The van der Waals surface area contributed by atoms with Crippen molar-refractivity contribution in [1.29, 1.82) is 0 Å². The monoisotopic (exact) mass is 402 g/mol. The van der Waals surface area contributed by atoms with Gasteiger partial charge in [-0.05, 0) is 51.9 Å². The van der Waals surface area contributed by atoms with E-state index in [-0.39, 0.29) is 11.1 Å². The Kier molecular flexibility index (Phi) is 13.7. The van der Waals surface area contributed by atoms with Crippen molar-refractivity contribution in [1.82, 2.24) is 0 Å². The van der Waals surface area contributed by atoms with Gasteiger partial charge in [0.25, 0.3) is 0 Å². The lowest BCUT2D eigenvalue weighted by Crippen LogP contribution is -2.53. The minimum Gasteiger partial charge on any atom is -0.391 e. The third-order valence-corrected chi connectivity index (χ3v) is 12.9. The zero-order valence-electron chi connectivity index (χ0n) is 18.3. The van der Waals surface area contributed by atoms with Gasteiger partial charge in [0.05, 0.1) is 0 Å². The fourth-order valence-electron chi connectivity index (χ4n) is 3.27. The highest BCUT2D eigenvalue weighted by Crippen LogP contribution is 2.43. The summed E-state index contributed by atoms with van der Waals surface area (Å²) in [6.07, 6.45) is 6.33. The van der Waals surface area contributed by atoms with Crippen LogP contribution in [-0.2, 0) is 17.7 Å². The van der Waals surface area contributed by atoms with Crippen molar-refractivity contribution in [3.05, 3.63) is 23.6 Å². The summed E-state index contributed by atoms with van der Waals surface area (Å²) in [5, 5.41) is 0. The van der Waals surface area contributed by atoms with Crippen molar-refractivity contribution in [3.63, 3.8) is 0 Å². The molecule has 0 bridgehead atoms. The van der Waals surface area contributed by atoms with Gasteiger partial charge in [0.15, 0.2) is 0 Å². The van der Waals surface area contributed by atoms with Gasteiger partial charge in [-0.15, -0.1) is 0 Å². The van der Waals surface area contributed by atoms with Gasteiger partial charge < -0.3 is 17.7 Å². The van der Waals surface area contributed by atoms with Crippen LogP contribution in [0.1, 0.15) is 68.2 Å². The normalized spacial score (nSPS) is 15.8. The molecule has 0 saturated heterocycles. The second-order valence-corrected chi connectivity index (χ2v) is 12.9. The van der Waals surface area contributed by atoms with Crippen LogP contribution in [0.5, 0.6) is 0 Å². The van der Waals surface area contributed by atoms with Crippen LogP contribution < -0.4 is 0 Å². The highest BCUT2D eigenvalue weighted by atomic mass is 28.4. The number of rotatable bonds is 15. The van der Waals surface area contributed by atoms with E-state index in [1.807, 2.05) is 27.7 Å². The highest BCUT2D eigenvalue weighted by molar-refractivity contribution is 6.80. The molecule has 26 heavy (non-hydrogen) atoms. The standard InChI is InChI=1S/C20H42O4Si2/c1-9-15-17-25(21-11-3,22-12-4)19(7)20(8)26(23-13-5,24-14-6)18-16-10-2/h15-20H,9-14H2,1-8H3. The molecule has 154 valence electrons. The Labute approximate surface area is 164 Å². The van der Waals surface area contributed by atoms with E-state index in [0.717, 1.165) is 12.8 Å². The van der Waals surface area contributed by atoms with E-state index < -0.39 is 17.1 Å². The van der Waals surface area contributed by atoms with Crippen molar-refractivity contribution in [2.45, 2.75) is 79.3 Å². The molecule has 4 nitrogen and oxygen atoms in total. The quantitative estimate of drug-likeness (QED) is 0.324. The first-order chi connectivity index (χ1) is 12.4. The summed E-state index contributed by atoms with van der Waals surface area (Å²) in [5.41, 5.74) is 4.89. The Hall–Kier alpha value is -0.246. The van der Waals surface area contributed by atoms with Gasteiger partial charge in [-0.3, -0.25) is 0 Å². The van der Waals surface area contributed by atoms with Crippen LogP contribution in [0.2, 0.25) is 11.1 Å². The summed E-state index contributed by atoms with van der Waals surface area (Å²) in [5.74, 6) is 0. The van der Waals surface area contributed by atoms with Crippen molar-refractivity contribution < 1.29 is 17.7 Å². The molecule has 0 aromatic carbocycles. The first-order valence-corrected chi connectivity index (χ1v) is 14.3. The number of hydrogen-bond donors (Lipinski definition) is 0. The smallest absolute Gasteiger partial charge is 0.367 e. The number of allylic oxidation sites excluding steroid dienone is 2. The topological polar surface area (TPSA) is 36.9 Å². The van der Waals surface area contributed by atoms with E-state index in [2.05, 4.69) is 51.2 Å². The molecule has 0 radical (unpaired) electrons. The third-order valence-electron chi connectivity index (χ3n) is 4.67. The largest absolute Gasteiger partial charge is 0.391 e. The molecule has 0 spiro atoms. The van der Waals surface area contributed by atoms with Crippen LogP contribution in [0.25, 0.3) is 0 Å². The molecule has 0 aliphatic carbocycles. The Morgan fingerprint density at radius 1 is 0.577 bits per heavy atom. The summed E-state index contributed by atoms with van der Waals surface area (Å²) < 4.78 is 25.3. The molecule has 0 heterocycles. The van der Waals surface area contributed by atoms with Gasteiger partial charge in [0.1, 0.15) is 0 Å². The van der Waals surface area contributed by atoms with Gasteiger partial charge in [-0.25, -0.2) is 0 Å². The molecule has 0 aliphatic rings. The molecular weight excluding hydrogens is 360 g/mol. The lowest BCUT2D eigenvalue weighted by molar-refractivity contribution is 0.165. The predicted octanol–water partition coefficient (Wildman–Crippen LogP) is 5.81. The molecule has 0 aliphatic heterocycles. The molecule has 0 saturated carbocycles. The minimum absolute atomic E-state index is 0.219. The summed E-state index contributed by atoms with van der Waals surface area (Å²) in [6.45, 7) is 19.6. The van der Waals surface area contributed by atoms with Gasteiger partial charge in [-0.2, -0.15) is 0 Å². The molecular formula is C20H42O4Si2. The van der Waals surface area contributed by atoms with Crippen molar-refractivity contribution in [2.24, 2.45) is 0 Å². The predicted molar refractivity (Wildman–Crippen MR) is 116 cm³/mol. The first kappa shape index (κ1) is 25.8. The van der Waals surface area contributed by atoms with Gasteiger partial charge >= 0.3 is 17.1 Å². The van der Waals surface area contributed by atoms with Crippen molar-refractivity contribution in [3.8, 4) is 0 Å². The SMILES string of the molecule is CCC=C[Si](OCC)(OCC)C(C)C(C)[Si](C=CCC)(OCC)OCC. The average Bonchev–Trinajstić information content (AvgIpc) is 2.63. The van der Waals surface area contributed by atoms with Crippen LogP contribution in [0.3, 0.4) is 0 Å². The van der Waals surface area contributed by atoms with E-state index in [1.54, 1.807) is 0 Å². The Morgan fingerprint density at radius 3 is 1.04 bits per heavy atom. The molecule has 0 fully saturated rings. The van der Waals surface area contributed by atoms with E-state index >= 15 is 0 Å². The fourth-order valence-corrected chi connectivity index (χ4v) is 11.2. The van der Waals surface area contributed by atoms with E-state index in [0.29, 0.717) is 26.4 Å². The van der Waals surface area contributed by atoms with Crippen LogP contribution >= 0.6 is 0 Å². The molecule has 0 aromatic rings. The molecule has 2 unspecified atom stereocenters. The molecule has 0 aromatic heterocycles. The summed E-state index contributed by atoms with van der Waals surface area (Å²) in [6, 6.07) is 0. The van der Waals surface area contributed by atoms with Crippen molar-refractivity contribution in [2.75, 3.05) is 26.4 Å². The third kappa shape index (κ3) is 7.05. The highest BCUT2D eigenvalue weighted by Gasteiger charge is 2.53. The van der Waals surface area contributed by atoms with E-state index in [1.165, 1.54) is 0 Å². The van der Waals surface area contributed by atoms with Crippen LogP contribution in [0, 0.1) is 0 Å². The van der Waals surface area contributed by atoms with Gasteiger partial charge in [0.2, 0.25) is 0 Å². The average molecular weight is 403 g/mol. The zero-order chi connectivity index (χ0) is 20.1. The summed E-state index contributed by atoms with van der Waals surface area (Å²) >= 11 is 0. The fraction of sp³-hybridized carbons (Fsp3) is 0.800. The maximum atomic E-state index is 6.33. The molecule has 2 atom stereocenters. The van der Waals surface area contributed by atoms with Gasteiger partial charge in [-0.1, -0.05) is 39.8 Å². The number of hydrogen-bond acceptors (Lipinski definition) is 4. The molecule has 0 amide bonds. The van der Waals surface area contributed by atoms with Crippen LogP contribution in [-0.4, -0.2) is 43.5 Å². The summed E-state index contributed by atoms with van der Waals surface area (Å²) in [4.78, 5) is 0. The first-order valence-electron chi connectivity index (χ1n) is 10.3. The second kappa shape index (κ2) is 13.9. The Bertz CT molecular complexity index is 363.